The minimum atomic E-state index is -0.326. The first-order valence-electron chi connectivity index (χ1n) is 10.7. The minimum Gasteiger partial charge on any atom is -0.457 e. The van der Waals surface area contributed by atoms with Crippen LogP contribution in [0.25, 0.3) is 5.82 Å². The van der Waals surface area contributed by atoms with Crippen LogP contribution in [0.3, 0.4) is 0 Å². The van der Waals surface area contributed by atoms with Crippen molar-refractivity contribution in [3.05, 3.63) is 96.6 Å². The number of nitrogens with zero attached hydrogens (tertiary/aromatic N) is 5. The summed E-state index contributed by atoms with van der Waals surface area (Å²) < 4.78 is 20.8. The number of hydrogen-bond acceptors (Lipinski definition) is 5. The van der Waals surface area contributed by atoms with Gasteiger partial charge < -0.3 is 19.1 Å². The van der Waals surface area contributed by atoms with Crippen LogP contribution in [0.4, 0.5) is 10.2 Å². The van der Waals surface area contributed by atoms with E-state index >= 15 is 0 Å². The van der Waals surface area contributed by atoms with Crippen LogP contribution in [0.5, 0.6) is 11.5 Å². The van der Waals surface area contributed by atoms with Gasteiger partial charge in [-0.1, -0.05) is 6.07 Å². The number of carbonyl (C=O) groups is 1. The summed E-state index contributed by atoms with van der Waals surface area (Å²) in [6.45, 7) is 2.52. The topological polar surface area (TPSA) is 63.5 Å². The Balaban J connectivity index is 1.20. The van der Waals surface area contributed by atoms with Crippen molar-refractivity contribution >= 4 is 11.7 Å². The number of carbonyl (C=O) groups excluding carboxylic acids is 1. The Bertz CT molecular complexity index is 1220. The maximum absolute atomic E-state index is 13.1. The number of aromatic nitrogens is 3. The molecule has 1 amide bonds. The Morgan fingerprint density at radius 3 is 2.18 bits per heavy atom. The van der Waals surface area contributed by atoms with Crippen molar-refractivity contribution in [3.63, 3.8) is 0 Å². The molecule has 7 nitrogen and oxygen atoms in total. The van der Waals surface area contributed by atoms with E-state index in [2.05, 4.69) is 15.1 Å². The molecule has 0 radical (unpaired) electrons. The molecule has 1 saturated heterocycles. The molecule has 2 aromatic carbocycles. The maximum Gasteiger partial charge on any atom is 0.254 e. The number of amides is 1. The van der Waals surface area contributed by atoms with E-state index < -0.39 is 0 Å². The second kappa shape index (κ2) is 9.12. The minimum absolute atomic E-state index is 0.0479. The molecule has 8 heteroatoms. The third-order valence-electron chi connectivity index (χ3n) is 5.53. The predicted molar refractivity (Wildman–Crippen MR) is 122 cm³/mol. The molecule has 0 aliphatic carbocycles. The van der Waals surface area contributed by atoms with Gasteiger partial charge in [-0.25, -0.2) is 4.39 Å². The molecule has 3 heterocycles. The van der Waals surface area contributed by atoms with Crippen LogP contribution in [-0.2, 0) is 0 Å². The number of benzene rings is 2. The first-order chi connectivity index (χ1) is 16.2. The molecule has 2 aromatic heterocycles. The van der Waals surface area contributed by atoms with Crippen LogP contribution in [0.15, 0.2) is 85.2 Å². The SMILES string of the molecule is O=C(c1cccc(Oc2ccc(F)cc2)c1)N1CCN(c2ccc(-n3cccc3)nn2)CC1. The van der Waals surface area contributed by atoms with Gasteiger partial charge in [-0.05, 0) is 66.7 Å². The highest BCUT2D eigenvalue weighted by Crippen LogP contribution is 2.23. The zero-order valence-electron chi connectivity index (χ0n) is 17.8. The molecular formula is C25H22FN5O2. The van der Waals surface area contributed by atoms with Crippen molar-refractivity contribution in [2.24, 2.45) is 0 Å². The number of anilines is 1. The molecule has 33 heavy (non-hydrogen) atoms. The smallest absolute Gasteiger partial charge is 0.254 e. The predicted octanol–water partition coefficient (Wildman–Crippen LogP) is 4.16. The van der Waals surface area contributed by atoms with Gasteiger partial charge >= 0.3 is 0 Å². The van der Waals surface area contributed by atoms with Gasteiger partial charge in [0.25, 0.3) is 5.91 Å². The Kier molecular flexibility index (Phi) is 5.72. The van der Waals surface area contributed by atoms with Gasteiger partial charge in [0, 0.05) is 44.1 Å². The van der Waals surface area contributed by atoms with E-state index in [-0.39, 0.29) is 11.7 Å². The molecule has 4 aromatic rings. The second-order valence-corrected chi connectivity index (χ2v) is 7.70. The number of piperazine rings is 1. The summed E-state index contributed by atoms with van der Waals surface area (Å²) in [6, 6.07) is 20.6. The van der Waals surface area contributed by atoms with Crippen molar-refractivity contribution in [1.82, 2.24) is 19.7 Å². The standard InChI is InChI=1S/C25H22FN5O2/c26-20-6-8-21(9-7-20)33-22-5-3-4-19(18-22)25(32)31-16-14-30(15-17-31)24-11-10-23(27-28-24)29-12-1-2-13-29/h1-13,18H,14-17H2. The van der Waals surface area contributed by atoms with E-state index in [1.165, 1.54) is 12.1 Å². The highest BCUT2D eigenvalue weighted by molar-refractivity contribution is 5.94. The average molecular weight is 443 g/mol. The largest absolute Gasteiger partial charge is 0.457 e. The van der Waals surface area contributed by atoms with Crippen LogP contribution < -0.4 is 9.64 Å². The number of ether oxygens (including phenoxy) is 1. The number of halogens is 1. The molecule has 1 aliphatic heterocycles. The van der Waals surface area contributed by atoms with Gasteiger partial charge in [0.2, 0.25) is 0 Å². The van der Waals surface area contributed by atoms with Crippen LogP contribution in [0.2, 0.25) is 0 Å². The van der Waals surface area contributed by atoms with Gasteiger partial charge in [0.15, 0.2) is 11.6 Å². The van der Waals surface area contributed by atoms with Crippen molar-refractivity contribution in [2.45, 2.75) is 0 Å². The lowest BCUT2D eigenvalue weighted by Crippen LogP contribution is -2.49. The Morgan fingerprint density at radius 1 is 0.788 bits per heavy atom. The van der Waals surface area contributed by atoms with Crippen molar-refractivity contribution < 1.29 is 13.9 Å². The fourth-order valence-electron chi connectivity index (χ4n) is 3.76. The summed E-state index contributed by atoms with van der Waals surface area (Å²) in [5, 5.41) is 8.66. The molecule has 166 valence electrons. The molecule has 5 rings (SSSR count). The maximum atomic E-state index is 13.1. The average Bonchev–Trinajstić information content (AvgIpc) is 3.41. The van der Waals surface area contributed by atoms with Gasteiger partial charge in [-0.2, -0.15) is 0 Å². The first kappa shape index (κ1) is 20.7. The van der Waals surface area contributed by atoms with Gasteiger partial charge in [0.05, 0.1) is 0 Å². The van der Waals surface area contributed by atoms with Crippen LogP contribution >= 0.6 is 0 Å². The first-order valence-corrected chi connectivity index (χ1v) is 10.7. The third kappa shape index (κ3) is 4.69. The summed E-state index contributed by atoms with van der Waals surface area (Å²) in [7, 11) is 0. The molecule has 0 bridgehead atoms. The van der Waals surface area contributed by atoms with E-state index in [9.17, 15) is 9.18 Å². The fraction of sp³-hybridized carbons (Fsp3) is 0.160. The molecule has 0 unspecified atom stereocenters. The summed E-state index contributed by atoms with van der Waals surface area (Å²) in [5.74, 6) is 2.23. The van der Waals surface area contributed by atoms with Crippen molar-refractivity contribution in [2.75, 3.05) is 31.1 Å². The Hall–Kier alpha value is -4.20. The molecule has 0 atom stereocenters. The quantitative estimate of drug-likeness (QED) is 0.464. The fourth-order valence-corrected chi connectivity index (χ4v) is 3.76. The van der Waals surface area contributed by atoms with Crippen molar-refractivity contribution in [1.29, 1.82) is 0 Å². The van der Waals surface area contributed by atoms with E-state index in [0.717, 1.165) is 11.6 Å². The summed E-state index contributed by atoms with van der Waals surface area (Å²) >= 11 is 0. The molecule has 0 spiro atoms. The van der Waals surface area contributed by atoms with Crippen molar-refractivity contribution in [3.8, 4) is 17.3 Å². The molecule has 1 fully saturated rings. The normalized spacial score (nSPS) is 13.7. The van der Waals surface area contributed by atoms with Crippen LogP contribution in [0.1, 0.15) is 10.4 Å². The van der Waals surface area contributed by atoms with Crippen LogP contribution in [-0.4, -0.2) is 51.8 Å². The summed E-state index contributed by atoms with van der Waals surface area (Å²) in [4.78, 5) is 17.0. The monoisotopic (exact) mass is 443 g/mol. The second-order valence-electron chi connectivity index (χ2n) is 7.70. The summed E-state index contributed by atoms with van der Waals surface area (Å²) in [5.41, 5.74) is 0.555. The van der Waals surface area contributed by atoms with E-state index in [1.54, 1.807) is 36.4 Å². The van der Waals surface area contributed by atoms with Gasteiger partial charge in [-0.3, -0.25) is 4.79 Å². The van der Waals surface area contributed by atoms with Gasteiger partial charge in [0.1, 0.15) is 17.3 Å². The van der Waals surface area contributed by atoms with E-state index in [0.29, 0.717) is 43.2 Å². The number of hydrogen-bond donors (Lipinski definition) is 0. The number of rotatable bonds is 5. The van der Waals surface area contributed by atoms with Crippen LogP contribution in [0, 0.1) is 5.82 Å². The lowest BCUT2D eigenvalue weighted by Gasteiger charge is -2.35. The third-order valence-corrected chi connectivity index (χ3v) is 5.53. The molecule has 1 aliphatic rings. The van der Waals surface area contributed by atoms with E-state index in [4.69, 9.17) is 4.74 Å². The molecular weight excluding hydrogens is 421 g/mol. The van der Waals surface area contributed by atoms with Gasteiger partial charge in [-0.15, -0.1) is 10.2 Å². The molecule has 0 saturated carbocycles. The highest BCUT2D eigenvalue weighted by atomic mass is 19.1. The zero-order chi connectivity index (χ0) is 22.6. The summed E-state index contributed by atoms with van der Waals surface area (Å²) in [6.07, 6.45) is 3.85. The highest BCUT2D eigenvalue weighted by Gasteiger charge is 2.23. The van der Waals surface area contributed by atoms with E-state index in [1.807, 2.05) is 46.1 Å². The molecule has 0 N–H and O–H groups in total. The zero-order valence-corrected chi connectivity index (χ0v) is 17.8. The Labute approximate surface area is 190 Å². The Morgan fingerprint density at radius 2 is 1.48 bits per heavy atom. The lowest BCUT2D eigenvalue weighted by atomic mass is 10.1. The lowest BCUT2D eigenvalue weighted by molar-refractivity contribution is 0.0746.